The van der Waals surface area contributed by atoms with Gasteiger partial charge in [-0.25, -0.2) is 0 Å². The molecule has 0 aliphatic heterocycles. The molecule has 5 rings (SSSR count). The third kappa shape index (κ3) is 3.06. The van der Waals surface area contributed by atoms with Crippen LogP contribution in [0.3, 0.4) is 0 Å². The van der Waals surface area contributed by atoms with Crippen molar-refractivity contribution in [2.75, 3.05) is 19.9 Å². The summed E-state index contributed by atoms with van der Waals surface area (Å²) in [7, 11) is 3.20. The van der Waals surface area contributed by atoms with Gasteiger partial charge in [-0.2, -0.15) is 0 Å². The van der Waals surface area contributed by atoms with E-state index in [9.17, 15) is 4.79 Å². The van der Waals surface area contributed by atoms with E-state index in [0.717, 1.165) is 38.6 Å². The molecule has 1 aromatic heterocycles. The molecule has 158 valence electrons. The molecule has 5 heteroatoms. The van der Waals surface area contributed by atoms with Gasteiger partial charge < -0.3 is 20.4 Å². The van der Waals surface area contributed by atoms with Gasteiger partial charge in [0.15, 0.2) is 0 Å². The number of amides is 1. The van der Waals surface area contributed by atoms with Crippen LogP contribution in [0.2, 0.25) is 0 Å². The van der Waals surface area contributed by atoms with E-state index in [-0.39, 0.29) is 5.91 Å². The highest BCUT2D eigenvalue weighted by Crippen LogP contribution is 2.40. The molecule has 0 bridgehead atoms. The third-order valence-electron chi connectivity index (χ3n) is 5.81. The van der Waals surface area contributed by atoms with Gasteiger partial charge >= 0.3 is 0 Å². The van der Waals surface area contributed by atoms with Crippen LogP contribution in [0.4, 0.5) is 5.69 Å². The summed E-state index contributed by atoms with van der Waals surface area (Å²) in [6.45, 7) is 0. The number of benzene rings is 4. The molecule has 0 saturated heterocycles. The normalized spacial score (nSPS) is 11.1. The Bertz CT molecular complexity index is 1470. The first-order chi connectivity index (χ1) is 15.6. The van der Waals surface area contributed by atoms with Crippen molar-refractivity contribution in [3.8, 4) is 22.6 Å². The number of aromatic nitrogens is 1. The second-order valence-corrected chi connectivity index (χ2v) is 7.65. The molecule has 0 radical (unpaired) electrons. The van der Waals surface area contributed by atoms with Crippen LogP contribution in [0.25, 0.3) is 38.6 Å². The second-order valence-electron chi connectivity index (χ2n) is 7.65. The lowest BCUT2D eigenvalue weighted by molar-refractivity contribution is 0.0963. The van der Waals surface area contributed by atoms with Gasteiger partial charge in [0.1, 0.15) is 5.75 Å². The number of ether oxygens (including phenoxy) is 1. The zero-order chi connectivity index (χ0) is 22.2. The van der Waals surface area contributed by atoms with Crippen molar-refractivity contribution in [2.24, 2.45) is 0 Å². The summed E-state index contributed by atoms with van der Waals surface area (Å²) in [6, 6.07) is 28.5. The number of fused-ring (bicyclic) bond motifs is 3. The monoisotopic (exact) mass is 421 g/mol. The van der Waals surface area contributed by atoms with Crippen LogP contribution in [-0.2, 0) is 0 Å². The highest BCUT2D eigenvalue weighted by molar-refractivity contribution is 6.11. The van der Waals surface area contributed by atoms with E-state index in [2.05, 4.69) is 58.4 Å². The molecule has 0 fully saturated rings. The van der Waals surface area contributed by atoms with Crippen LogP contribution in [0, 0.1) is 0 Å². The molecule has 0 spiro atoms. The van der Waals surface area contributed by atoms with Crippen molar-refractivity contribution in [2.45, 2.75) is 0 Å². The maximum atomic E-state index is 12.3. The van der Waals surface area contributed by atoms with Crippen molar-refractivity contribution in [1.82, 2.24) is 9.88 Å². The van der Waals surface area contributed by atoms with Crippen LogP contribution >= 0.6 is 0 Å². The molecule has 1 amide bonds. The summed E-state index contributed by atoms with van der Waals surface area (Å²) in [4.78, 5) is 12.3. The van der Waals surface area contributed by atoms with Gasteiger partial charge in [-0.3, -0.25) is 4.79 Å². The lowest BCUT2D eigenvalue weighted by atomic mass is 9.98. The molecule has 0 aliphatic carbocycles. The minimum absolute atomic E-state index is 0.192. The summed E-state index contributed by atoms with van der Waals surface area (Å²) in [6.07, 6.45) is 0. The number of nitrogens with two attached hydrogens (primary N) is 1. The van der Waals surface area contributed by atoms with Crippen molar-refractivity contribution in [3.63, 3.8) is 0 Å². The fraction of sp³-hybridized carbons (Fsp3) is 0.0741. The van der Waals surface area contributed by atoms with Gasteiger partial charge in [0, 0.05) is 34.6 Å². The SMILES string of the molecule is CNC(=O)c1cc(N)c(OC)c(-c2ccc3c(c2)c2ccccc2n3-c2ccccc2)c1. The predicted molar refractivity (Wildman–Crippen MR) is 131 cm³/mol. The molecule has 5 aromatic rings. The maximum Gasteiger partial charge on any atom is 0.251 e. The number of nitrogens with zero attached hydrogens (tertiary/aromatic N) is 1. The number of nitrogen functional groups attached to an aromatic ring is 1. The molecule has 0 atom stereocenters. The minimum atomic E-state index is -0.192. The van der Waals surface area contributed by atoms with Gasteiger partial charge in [-0.15, -0.1) is 0 Å². The van der Waals surface area contributed by atoms with Gasteiger partial charge in [0.25, 0.3) is 5.91 Å². The third-order valence-corrected chi connectivity index (χ3v) is 5.81. The summed E-state index contributed by atoms with van der Waals surface area (Å²) >= 11 is 0. The fourth-order valence-electron chi connectivity index (χ4n) is 4.36. The van der Waals surface area contributed by atoms with E-state index in [0.29, 0.717) is 17.0 Å². The first kappa shape index (κ1) is 19.7. The molecule has 4 aromatic carbocycles. The Labute approximate surface area is 186 Å². The number of anilines is 1. The van der Waals surface area contributed by atoms with Gasteiger partial charge in [-0.1, -0.05) is 42.5 Å². The highest BCUT2D eigenvalue weighted by Gasteiger charge is 2.17. The lowest BCUT2D eigenvalue weighted by Crippen LogP contribution is -2.18. The highest BCUT2D eigenvalue weighted by atomic mass is 16.5. The fourth-order valence-corrected chi connectivity index (χ4v) is 4.36. The van der Waals surface area contributed by atoms with Gasteiger partial charge in [0.05, 0.1) is 23.8 Å². The van der Waals surface area contributed by atoms with Crippen LogP contribution in [0.15, 0.2) is 84.9 Å². The smallest absolute Gasteiger partial charge is 0.251 e. The van der Waals surface area contributed by atoms with Crippen LogP contribution < -0.4 is 15.8 Å². The van der Waals surface area contributed by atoms with E-state index in [1.165, 1.54) is 0 Å². The standard InChI is InChI=1S/C27H23N3O2/c1-29-27(31)18-15-21(26(32-2)23(28)16-18)17-12-13-25-22(14-17)20-10-6-7-11-24(20)30(25)19-8-4-3-5-9-19/h3-16H,28H2,1-2H3,(H,29,31). The number of carbonyl (C=O) groups is 1. The zero-order valence-electron chi connectivity index (χ0n) is 17.9. The average Bonchev–Trinajstić information content (AvgIpc) is 3.17. The number of hydrogen-bond acceptors (Lipinski definition) is 3. The molecule has 3 N–H and O–H groups in total. The summed E-state index contributed by atoms with van der Waals surface area (Å²) in [5.74, 6) is 0.367. The van der Waals surface area contributed by atoms with Crippen molar-refractivity contribution < 1.29 is 9.53 Å². The molecule has 32 heavy (non-hydrogen) atoms. The van der Waals surface area contributed by atoms with E-state index >= 15 is 0 Å². The average molecular weight is 422 g/mol. The predicted octanol–water partition coefficient (Wildman–Crippen LogP) is 5.40. The molecular formula is C27H23N3O2. The zero-order valence-corrected chi connectivity index (χ0v) is 17.9. The van der Waals surface area contributed by atoms with E-state index in [1.807, 2.05) is 30.3 Å². The Hall–Kier alpha value is -4.25. The molecular weight excluding hydrogens is 398 g/mol. The first-order valence-corrected chi connectivity index (χ1v) is 10.4. The van der Waals surface area contributed by atoms with E-state index in [4.69, 9.17) is 10.5 Å². The van der Waals surface area contributed by atoms with Gasteiger partial charge in [-0.05, 0) is 48.0 Å². The summed E-state index contributed by atoms with van der Waals surface area (Å²) < 4.78 is 7.88. The Kier molecular flexibility index (Phi) is 4.79. The lowest BCUT2D eigenvalue weighted by Gasteiger charge is -2.14. The number of rotatable bonds is 4. The van der Waals surface area contributed by atoms with Crippen molar-refractivity contribution >= 4 is 33.4 Å². The molecule has 0 saturated carbocycles. The first-order valence-electron chi connectivity index (χ1n) is 10.4. The molecule has 0 unspecified atom stereocenters. The Balaban J connectivity index is 1.80. The number of carbonyl (C=O) groups excluding carboxylic acids is 1. The Morgan fingerprint density at radius 3 is 2.34 bits per heavy atom. The van der Waals surface area contributed by atoms with Crippen LogP contribution in [0.1, 0.15) is 10.4 Å². The molecule has 0 aliphatic rings. The minimum Gasteiger partial charge on any atom is -0.494 e. The maximum absolute atomic E-state index is 12.3. The number of nitrogens with one attached hydrogen (secondary N) is 1. The quantitative estimate of drug-likeness (QED) is 0.382. The topological polar surface area (TPSA) is 69.3 Å². The molecule has 5 nitrogen and oxygen atoms in total. The Morgan fingerprint density at radius 2 is 1.59 bits per heavy atom. The molecule has 1 heterocycles. The number of methoxy groups -OCH3 is 1. The van der Waals surface area contributed by atoms with E-state index in [1.54, 1.807) is 20.2 Å². The number of hydrogen-bond donors (Lipinski definition) is 2. The summed E-state index contributed by atoms with van der Waals surface area (Å²) in [5.41, 5.74) is 12.2. The summed E-state index contributed by atoms with van der Waals surface area (Å²) in [5, 5.41) is 4.93. The van der Waals surface area contributed by atoms with E-state index < -0.39 is 0 Å². The number of para-hydroxylation sites is 2. The Morgan fingerprint density at radius 1 is 0.875 bits per heavy atom. The van der Waals surface area contributed by atoms with Crippen molar-refractivity contribution in [3.05, 3.63) is 90.5 Å². The van der Waals surface area contributed by atoms with Crippen LogP contribution in [-0.4, -0.2) is 24.6 Å². The second kappa shape index (κ2) is 7.78. The van der Waals surface area contributed by atoms with Gasteiger partial charge in [0.2, 0.25) is 0 Å². The van der Waals surface area contributed by atoms with Crippen molar-refractivity contribution in [1.29, 1.82) is 0 Å². The van der Waals surface area contributed by atoms with Crippen LogP contribution in [0.5, 0.6) is 5.75 Å². The largest absolute Gasteiger partial charge is 0.494 e.